The second kappa shape index (κ2) is 8.32. The number of hydrogen-bond acceptors (Lipinski definition) is 4. The minimum absolute atomic E-state index is 0.228. The largest absolute Gasteiger partial charge is 0.328 e. The molecule has 1 aromatic heterocycles. The van der Waals surface area contributed by atoms with Crippen molar-refractivity contribution in [2.75, 3.05) is 10.6 Å². The summed E-state index contributed by atoms with van der Waals surface area (Å²) < 4.78 is 1.73. The Balaban J connectivity index is 1.63. The maximum Gasteiger partial charge on any atom is 0.255 e. The number of benzene rings is 3. The number of anilines is 2. The zero-order valence-corrected chi connectivity index (χ0v) is 18.0. The average Bonchev–Trinajstić information content (AvgIpc) is 3.23. The van der Waals surface area contributed by atoms with Gasteiger partial charge in [0.15, 0.2) is 5.82 Å². The molecule has 32 heavy (non-hydrogen) atoms. The van der Waals surface area contributed by atoms with Crippen molar-refractivity contribution >= 4 is 29.1 Å². The van der Waals surface area contributed by atoms with Crippen LogP contribution < -0.4 is 10.6 Å². The quantitative estimate of drug-likeness (QED) is 0.437. The number of allylic oxidation sites excluding steroid dienone is 1. The number of nitrogens with one attached hydrogen (secondary N) is 2. The summed E-state index contributed by atoms with van der Waals surface area (Å²) in [6.07, 6.45) is 0. The molecule has 2 heterocycles. The monoisotopic (exact) mass is 441 g/mol. The highest BCUT2D eigenvalue weighted by Gasteiger charge is 2.35. The van der Waals surface area contributed by atoms with Crippen molar-refractivity contribution < 1.29 is 4.79 Å². The van der Waals surface area contributed by atoms with Crippen molar-refractivity contribution in [2.24, 2.45) is 0 Å². The molecule has 1 amide bonds. The third-order valence-electron chi connectivity index (χ3n) is 5.36. The van der Waals surface area contributed by atoms with E-state index in [1.807, 2.05) is 91.9 Å². The molecule has 0 bridgehead atoms. The number of nitrogens with zero attached hydrogens (tertiary/aromatic N) is 3. The molecule has 1 aliphatic heterocycles. The first-order valence-electron chi connectivity index (χ1n) is 10.2. The first-order valence-corrected chi connectivity index (χ1v) is 10.6. The molecule has 0 fully saturated rings. The van der Waals surface area contributed by atoms with E-state index in [9.17, 15) is 4.79 Å². The van der Waals surface area contributed by atoms with Crippen molar-refractivity contribution in [3.05, 3.63) is 107 Å². The Hall–Kier alpha value is -3.90. The lowest BCUT2D eigenvalue weighted by molar-refractivity contribution is -0.113. The van der Waals surface area contributed by atoms with E-state index in [0.717, 1.165) is 11.1 Å². The number of hydrogen-bond donors (Lipinski definition) is 2. The van der Waals surface area contributed by atoms with Crippen LogP contribution in [0, 0.1) is 0 Å². The molecule has 0 radical (unpaired) electrons. The fraction of sp³-hybridized carbons (Fsp3) is 0.0800. The molecule has 5 rings (SSSR count). The second-order valence-corrected chi connectivity index (χ2v) is 7.88. The van der Waals surface area contributed by atoms with Crippen LogP contribution in [0.2, 0.25) is 5.02 Å². The number of halogens is 1. The van der Waals surface area contributed by atoms with Gasteiger partial charge in [-0.1, -0.05) is 78.3 Å². The average molecular weight is 442 g/mol. The van der Waals surface area contributed by atoms with E-state index >= 15 is 0 Å². The fourth-order valence-electron chi connectivity index (χ4n) is 3.86. The lowest BCUT2D eigenvalue weighted by atomic mass is 9.95. The SMILES string of the molecule is CC1=C(C(=O)Nc2ccccc2)[C@H](c2ccccc2Cl)n2nc(-c3ccccc3)nc2N1. The van der Waals surface area contributed by atoms with Crippen molar-refractivity contribution in [1.29, 1.82) is 0 Å². The van der Waals surface area contributed by atoms with Gasteiger partial charge in [-0.15, -0.1) is 5.10 Å². The van der Waals surface area contributed by atoms with Gasteiger partial charge in [-0.25, -0.2) is 4.68 Å². The van der Waals surface area contributed by atoms with Gasteiger partial charge in [0.25, 0.3) is 5.91 Å². The molecule has 1 atom stereocenters. The molecule has 2 N–H and O–H groups in total. The van der Waals surface area contributed by atoms with Gasteiger partial charge in [0.05, 0.1) is 5.57 Å². The van der Waals surface area contributed by atoms with E-state index in [4.69, 9.17) is 16.7 Å². The second-order valence-electron chi connectivity index (χ2n) is 7.48. The summed E-state index contributed by atoms with van der Waals surface area (Å²) in [5, 5.41) is 11.6. The normalized spacial score (nSPS) is 15.1. The number of rotatable bonds is 4. The van der Waals surface area contributed by atoms with Gasteiger partial charge < -0.3 is 10.6 Å². The van der Waals surface area contributed by atoms with E-state index in [0.29, 0.717) is 33.8 Å². The molecule has 3 aromatic carbocycles. The summed E-state index contributed by atoms with van der Waals surface area (Å²) in [4.78, 5) is 18.1. The zero-order valence-electron chi connectivity index (χ0n) is 17.3. The van der Waals surface area contributed by atoms with Crippen molar-refractivity contribution in [2.45, 2.75) is 13.0 Å². The minimum Gasteiger partial charge on any atom is -0.328 e. The molecule has 7 heteroatoms. The molecule has 158 valence electrons. The Labute approximate surface area is 190 Å². The van der Waals surface area contributed by atoms with Crippen LogP contribution in [-0.4, -0.2) is 20.7 Å². The fourth-order valence-corrected chi connectivity index (χ4v) is 4.10. The summed E-state index contributed by atoms with van der Waals surface area (Å²) in [6, 6.07) is 26.1. The highest BCUT2D eigenvalue weighted by Crippen LogP contribution is 2.39. The van der Waals surface area contributed by atoms with Crippen molar-refractivity contribution in [3.63, 3.8) is 0 Å². The smallest absolute Gasteiger partial charge is 0.255 e. The van der Waals surface area contributed by atoms with Crippen LogP contribution in [0.15, 0.2) is 96.2 Å². The summed E-state index contributed by atoms with van der Waals surface area (Å²) >= 11 is 6.59. The van der Waals surface area contributed by atoms with Gasteiger partial charge in [0.1, 0.15) is 6.04 Å². The molecule has 0 spiro atoms. The van der Waals surface area contributed by atoms with Gasteiger partial charge in [-0.3, -0.25) is 4.79 Å². The number of amides is 1. The lowest BCUT2D eigenvalue weighted by Crippen LogP contribution is -2.31. The van der Waals surface area contributed by atoms with Crippen molar-refractivity contribution in [3.8, 4) is 11.4 Å². The summed E-state index contributed by atoms with van der Waals surface area (Å²) in [5.74, 6) is 0.902. The minimum atomic E-state index is -0.534. The highest BCUT2D eigenvalue weighted by atomic mass is 35.5. The number of carbonyl (C=O) groups is 1. The first-order chi connectivity index (χ1) is 15.6. The first kappa shape index (κ1) is 20.0. The Morgan fingerprint density at radius 3 is 2.34 bits per heavy atom. The van der Waals surface area contributed by atoms with Crippen LogP contribution in [0.1, 0.15) is 18.5 Å². The van der Waals surface area contributed by atoms with Crippen LogP contribution in [0.25, 0.3) is 11.4 Å². The Bertz CT molecular complexity index is 1310. The van der Waals surface area contributed by atoms with E-state index < -0.39 is 6.04 Å². The van der Waals surface area contributed by atoms with E-state index in [2.05, 4.69) is 15.6 Å². The number of fused-ring (bicyclic) bond motifs is 1. The predicted octanol–water partition coefficient (Wildman–Crippen LogP) is 5.53. The van der Waals surface area contributed by atoms with Gasteiger partial charge in [0, 0.05) is 27.5 Å². The Morgan fingerprint density at radius 2 is 1.62 bits per heavy atom. The number of aromatic nitrogens is 3. The maximum atomic E-state index is 13.4. The lowest BCUT2D eigenvalue weighted by Gasteiger charge is -2.29. The molecule has 0 aliphatic carbocycles. The van der Waals surface area contributed by atoms with Gasteiger partial charge in [-0.05, 0) is 25.1 Å². The van der Waals surface area contributed by atoms with E-state index in [1.165, 1.54) is 0 Å². The number of para-hydroxylation sites is 1. The molecule has 0 saturated carbocycles. The van der Waals surface area contributed by atoms with E-state index in [-0.39, 0.29) is 5.91 Å². The molecule has 6 nitrogen and oxygen atoms in total. The Kier molecular flexibility index (Phi) is 5.21. The van der Waals surface area contributed by atoms with Crippen molar-refractivity contribution in [1.82, 2.24) is 14.8 Å². The molecule has 4 aromatic rings. The summed E-state index contributed by atoms with van der Waals surface area (Å²) in [6.45, 7) is 1.87. The molecular weight excluding hydrogens is 422 g/mol. The van der Waals surface area contributed by atoms with Gasteiger partial charge in [0.2, 0.25) is 5.95 Å². The third kappa shape index (κ3) is 3.65. The third-order valence-corrected chi connectivity index (χ3v) is 5.70. The van der Waals surface area contributed by atoms with Crippen LogP contribution in [0.3, 0.4) is 0 Å². The summed E-state index contributed by atoms with van der Waals surface area (Å²) in [5.41, 5.74) is 3.60. The van der Waals surface area contributed by atoms with Crippen LogP contribution in [-0.2, 0) is 4.79 Å². The molecular formula is C25H20ClN5O. The molecule has 1 aliphatic rings. The highest BCUT2D eigenvalue weighted by molar-refractivity contribution is 6.31. The molecule has 0 saturated heterocycles. The van der Waals surface area contributed by atoms with Gasteiger partial charge >= 0.3 is 0 Å². The van der Waals surface area contributed by atoms with Gasteiger partial charge in [-0.2, -0.15) is 4.98 Å². The summed E-state index contributed by atoms with van der Waals surface area (Å²) in [7, 11) is 0. The molecule has 0 unspecified atom stereocenters. The van der Waals surface area contributed by atoms with E-state index in [1.54, 1.807) is 4.68 Å². The zero-order chi connectivity index (χ0) is 22.1. The van der Waals surface area contributed by atoms with Crippen LogP contribution in [0.5, 0.6) is 0 Å². The Morgan fingerprint density at radius 1 is 0.969 bits per heavy atom. The topological polar surface area (TPSA) is 71.8 Å². The standard InChI is InChI=1S/C25H20ClN5O/c1-16-21(24(32)28-18-12-6-3-7-13-18)22(19-14-8-9-15-20(19)26)31-25(27-16)29-23(30-31)17-10-4-2-5-11-17/h2-15,22H,1H3,(H,28,32)(H,27,29,30)/t22-/m0/s1. The van der Waals surface area contributed by atoms with Crippen LogP contribution >= 0.6 is 11.6 Å². The maximum absolute atomic E-state index is 13.4. The predicted molar refractivity (Wildman–Crippen MR) is 126 cm³/mol. The van der Waals surface area contributed by atoms with Crippen LogP contribution in [0.4, 0.5) is 11.6 Å². The number of carbonyl (C=O) groups excluding carboxylic acids is 1.